The van der Waals surface area contributed by atoms with E-state index in [1.54, 1.807) is 19.2 Å². The van der Waals surface area contributed by atoms with Crippen LogP contribution in [-0.2, 0) is 6.54 Å². The maximum Gasteiger partial charge on any atom is 0.271 e. The Morgan fingerprint density at radius 1 is 1.13 bits per heavy atom. The van der Waals surface area contributed by atoms with Crippen LogP contribution in [0.2, 0.25) is 5.02 Å². The minimum atomic E-state index is -0.340. The van der Waals surface area contributed by atoms with Gasteiger partial charge in [0.1, 0.15) is 17.3 Å². The Balaban J connectivity index is 1.35. The fraction of sp³-hybridized carbons (Fsp3) is 0.273. The second-order valence-electron chi connectivity index (χ2n) is 7.20. The average molecular weight is 429 g/mol. The van der Waals surface area contributed by atoms with E-state index in [4.69, 9.17) is 16.3 Å². The number of H-pyrrole nitrogens is 1. The lowest BCUT2D eigenvalue weighted by Gasteiger charge is -2.34. The molecular formula is C22H22ClFN4O2. The Bertz CT molecular complexity index is 1030. The highest BCUT2D eigenvalue weighted by molar-refractivity contribution is 6.31. The van der Waals surface area contributed by atoms with E-state index < -0.39 is 0 Å². The summed E-state index contributed by atoms with van der Waals surface area (Å²) in [5, 5.41) is 7.56. The largest absolute Gasteiger partial charge is 0.497 e. The number of benzene rings is 2. The molecule has 0 unspecified atom stereocenters. The van der Waals surface area contributed by atoms with Crippen LogP contribution in [0.3, 0.4) is 0 Å². The first-order chi connectivity index (χ1) is 14.5. The van der Waals surface area contributed by atoms with Crippen molar-refractivity contribution in [2.24, 2.45) is 0 Å². The molecule has 8 heteroatoms. The van der Waals surface area contributed by atoms with Gasteiger partial charge in [0, 0.05) is 43.3 Å². The molecule has 0 atom stereocenters. The van der Waals surface area contributed by atoms with Crippen LogP contribution in [0, 0.1) is 5.82 Å². The van der Waals surface area contributed by atoms with Crippen molar-refractivity contribution in [1.82, 2.24) is 20.0 Å². The lowest BCUT2D eigenvalue weighted by Crippen LogP contribution is -2.48. The summed E-state index contributed by atoms with van der Waals surface area (Å²) < 4.78 is 18.4. The Kier molecular flexibility index (Phi) is 6.01. The fourth-order valence-corrected chi connectivity index (χ4v) is 3.74. The van der Waals surface area contributed by atoms with Gasteiger partial charge in [-0.2, -0.15) is 5.10 Å². The number of nitrogens with zero attached hydrogens (tertiary/aromatic N) is 3. The van der Waals surface area contributed by atoms with E-state index in [1.165, 1.54) is 12.1 Å². The molecule has 0 radical (unpaired) electrons. The molecule has 156 valence electrons. The number of ether oxygens (including phenoxy) is 1. The van der Waals surface area contributed by atoms with Crippen LogP contribution in [0.15, 0.2) is 48.5 Å². The lowest BCUT2D eigenvalue weighted by atomic mass is 10.1. The zero-order chi connectivity index (χ0) is 21.1. The summed E-state index contributed by atoms with van der Waals surface area (Å²) in [5.41, 5.74) is 2.98. The highest BCUT2D eigenvalue weighted by atomic mass is 35.5. The molecule has 6 nitrogen and oxygen atoms in total. The number of piperazine rings is 1. The van der Waals surface area contributed by atoms with E-state index in [-0.39, 0.29) is 11.7 Å². The van der Waals surface area contributed by atoms with Crippen molar-refractivity contribution in [2.75, 3.05) is 33.3 Å². The molecule has 1 N–H and O–H groups in total. The van der Waals surface area contributed by atoms with E-state index in [1.807, 2.05) is 29.2 Å². The van der Waals surface area contributed by atoms with Gasteiger partial charge in [0.2, 0.25) is 0 Å². The van der Waals surface area contributed by atoms with E-state index in [0.717, 1.165) is 30.0 Å². The fourth-order valence-electron chi connectivity index (χ4n) is 3.51. The standard InChI is InChI=1S/C22H22ClFN4O2/c1-30-18-6-3-15(4-7-18)20-13-21(26-25-20)22(29)28-10-8-27(9-11-28)14-16-2-5-17(24)12-19(16)23/h2-7,12-13H,8-11,14H2,1H3,(H,25,26). The molecule has 1 amide bonds. The summed E-state index contributed by atoms with van der Waals surface area (Å²) in [5.74, 6) is 0.361. The Morgan fingerprint density at radius 3 is 2.53 bits per heavy atom. The summed E-state index contributed by atoms with van der Waals surface area (Å²) in [6, 6.07) is 13.8. The molecule has 2 heterocycles. The van der Waals surface area contributed by atoms with Crippen LogP contribution >= 0.6 is 11.6 Å². The second kappa shape index (κ2) is 8.85. The van der Waals surface area contributed by atoms with Gasteiger partial charge in [0.25, 0.3) is 5.91 Å². The van der Waals surface area contributed by atoms with Crippen molar-refractivity contribution in [3.05, 3.63) is 70.6 Å². The number of hydrogen-bond acceptors (Lipinski definition) is 4. The number of carbonyl (C=O) groups excluding carboxylic acids is 1. The van der Waals surface area contributed by atoms with E-state index >= 15 is 0 Å². The van der Waals surface area contributed by atoms with Crippen LogP contribution in [0.5, 0.6) is 5.75 Å². The van der Waals surface area contributed by atoms with Crippen molar-refractivity contribution in [2.45, 2.75) is 6.54 Å². The topological polar surface area (TPSA) is 61.5 Å². The normalized spacial score (nSPS) is 14.7. The van der Waals surface area contributed by atoms with E-state index in [0.29, 0.717) is 36.0 Å². The van der Waals surface area contributed by atoms with Gasteiger partial charge >= 0.3 is 0 Å². The first-order valence-electron chi connectivity index (χ1n) is 9.69. The molecule has 1 aliphatic heterocycles. The lowest BCUT2D eigenvalue weighted by molar-refractivity contribution is 0.0622. The predicted molar refractivity (Wildman–Crippen MR) is 113 cm³/mol. The van der Waals surface area contributed by atoms with Crippen molar-refractivity contribution in [3.63, 3.8) is 0 Å². The summed E-state index contributed by atoms with van der Waals surface area (Å²) in [4.78, 5) is 16.9. The monoisotopic (exact) mass is 428 g/mol. The maximum absolute atomic E-state index is 13.2. The molecule has 0 bridgehead atoms. The van der Waals surface area contributed by atoms with Gasteiger partial charge in [-0.15, -0.1) is 0 Å². The second-order valence-corrected chi connectivity index (χ2v) is 7.61. The van der Waals surface area contributed by atoms with E-state index in [9.17, 15) is 9.18 Å². The first-order valence-corrected chi connectivity index (χ1v) is 10.1. The van der Waals surface area contributed by atoms with Crippen LogP contribution in [-0.4, -0.2) is 59.2 Å². The Labute approximate surface area is 179 Å². The summed E-state index contributed by atoms with van der Waals surface area (Å²) >= 11 is 6.13. The minimum absolute atomic E-state index is 0.0678. The number of aromatic nitrogens is 2. The van der Waals surface area contributed by atoms with Gasteiger partial charge in [0.05, 0.1) is 12.8 Å². The summed E-state index contributed by atoms with van der Waals surface area (Å²) in [7, 11) is 1.62. The molecule has 2 aromatic carbocycles. The van der Waals surface area contributed by atoms with E-state index in [2.05, 4.69) is 15.1 Å². The molecule has 4 rings (SSSR count). The third-order valence-electron chi connectivity index (χ3n) is 5.26. The molecule has 0 saturated carbocycles. The number of nitrogens with one attached hydrogen (secondary N) is 1. The number of methoxy groups -OCH3 is 1. The highest BCUT2D eigenvalue weighted by Gasteiger charge is 2.24. The van der Waals surface area contributed by atoms with Crippen molar-refractivity contribution >= 4 is 17.5 Å². The van der Waals surface area contributed by atoms with Crippen molar-refractivity contribution in [3.8, 4) is 17.0 Å². The van der Waals surface area contributed by atoms with Gasteiger partial charge in [-0.05, 0) is 48.0 Å². The average Bonchev–Trinajstić information content (AvgIpc) is 3.26. The molecule has 0 aliphatic carbocycles. The van der Waals surface area contributed by atoms with Gasteiger partial charge in [0.15, 0.2) is 0 Å². The molecule has 30 heavy (non-hydrogen) atoms. The van der Waals surface area contributed by atoms with Gasteiger partial charge in [-0.3, -0.25) is 14.8 Å². The summed E-state index contributed by atoms with van der Waals surface area (Å²) in [6.07, 6.45) is 0. The molecule has 1 saturated heterocycles. The number of aromatic amines is 1. The van der Waals surface area contributed by atoms with Crippen LogP contribution in [0.4, 0.5) is 4.39 Å². The quantitative estimate of drug-likeness (QED) is 0.670. The van der Waals surface area contributed by atoms with Gasteiger partial charge in [-0.1, -0.05) is 17.7 Å². The third-order valence-corrected chi connectivity index (χ3v) is 5.61. The first kappa shape index (κ1) is 20.4. The zero-order valence-corrected chi connectivity index (χ0v) is 17.3. The SMILES string of the molecule is COc1ccc(-c2cc(C(=O)N3CCN(Cc4ccc(F)cc4Cl)CC3)[nH]n2)cc1. The molecule has 3 aromatic rings. The third kappa shape index (κ3) is 4.47. The smallest absolute Gasteiger partial charge is 0.271 e. The zero-order valence-electron chi connectivity index (χ0n) is 16.6. The van der Waals surface area contributed by atoms with Crippen LogP contribution < -0.4 is 4.74 Å². The van der Waals surface area contributed by atoms with Crippen molar-refractivity contribution < 1.29 is 13.9 Å². The number of halogens is 2. The van der Waals surface area contributed by atoms with Crippen LogP contribution in [0.1, 0.15) is 16.1 Å². The van der Waals surface area contributed by atoms with Gasteiger partial charge in [-0.25, -0.2) is 4.39 Å². The number of rotatable bonds is 5. The molecule has 0 spiro atoms. The highest BCUT2D eigenvalue weighted by Crippen LogP contribution is 2.23. The Morgan fingerprint density at radius 2 is 1.87 bits per heavy atom. The molecule has 1 fully saturated rings. The molecular weight excluding hydrogens is 407 g/mol. The predicted octanol–water partition coefficient (Wildman–Crippen LogP) is 3.84. The minimum Gasteiger partial charge on any atom is -0.497 e. The maximum atomic E-state index is 13.2. The summed E-state index contributed by atoms with van der Waals surface area (Å²) in [6.45, 7) is 3.29. The van der Waals surface area contributed by atoms with Gasteiger partial charge < -0.3 is 9.64 Å². The number of hydrogen-bond donors (Lipinski definition) is 1. The number of amides is 1. The molecule has 1 aliphatic rings. The Hall–Kier alpha value is -2.90. The van der Waals surface area contributed by atoms with Crippen LogP contribution in [0.25, 0.3) is 11.3 Å². The van der Waals surface area contributed by atoms with Crippen molar-refractivity contribution in [1.29, 1.82) is 0 Å². The molecule has 1 aromatic heterocycles. The number of carbonyl (C=O) groups is 1.